The van der Waals surface area contributed by atoms with Crippen LogP contribution >= 0.6 is 0 Å². The molecule has 0 saturated carbocycles. The Labute approximate surface area is 78.7 Å². The quantitative estimate of drug-likeness (QED) is 0.734. The lowest BCUT2D eigenvalue weighted by Gasteiger charge is -2.03. The average Bonchev–Trinajstić information content (AvgIpc) is 2.66. The predicted octanol–water partition coefficient (Wildman–Crippen LogP) is 3.15. The third-order valence-electron chi connectivity index (χ3n) is 1.59. The molecule has 71 valence electrons. The topological polar surface area (TPSA) is 22.4 Å². The van der Waals surface area contributed by atoms with Gasteiger partial charge < -0.3 is 9.15 Å². The first-order valence-corrected chi connectivity index (χ1v) is 3.84. The summed E-state index contributed by atoms with van der Waals surface area (Å²) in [5.41, 5.74) is 0. The van der Waals surface area contributed by atoms with Gasteiger partial charge in [0.25, 0.3) is 0 Å². The SMILES string of the molecule is Fc1cccc(Oc2c[c]oc2)c1F. The molecule has 0 aliphatic rings. The van der Waals surface area contributed by atoms with Crippen molar-refractivity contribution in [2.75, 3.05) is 0 Å². The lowest BCUT2D eigenvalue weighted by atomic mass is 10.3. The number of halogens is 2. The number of ether oxygens (including phenoxy) is 1. The van der Waals surface area contributed by atoms with Crippen LogP contribution in [-0.2, 0) is 0 Å². The molecule has 1 aromatic carbocycles. The largest absolute Gasteiger partial charge is 0.457 e. The van der Waals surface area contributed by atoms with Crippen LogP contribution in [0, 0.1) is 17.9 Å². The normalized spacial score (nSPS) is 10.1. The molecular formula is C10H5F2O2. The minimum absolute atomic E-state index is 0.181. The van der Waals surface area contributed by atoms with Crippen molar-refractivity contribution < 1.29 is 17.9 Å². The molecule has 0 aliphatic carbocycles. The first-order valence-electron chi connectivity index (χ1n) is 3.84. The Morgan fingerprint density at radius 1 is 1.29 bits per heavy atom. The highest BCUT2D eigenvalue weighted by molar-refractivity contribution is 5.30. The van der Waals surface area contributed by atoms with E-state index in [2.05, 4.69) is 10.7 Å². The Morgan fingerprint density at radius 3 is 2.86 bits per heavy atom. The molecule has 2 rings (SSSR count). The molecular weight excluding hydrogens is 190 g/mol. The number of hydrogen-bond donors (Lipinski definition) is 0. The Bertz CT molecular complexity index is 424. The summed E-state index contributed by atoms with van der Waals surface area (Å²) >= 11 is 0. The fourth-order valence-corrected chi connectivity index (χ4v) is 0.962. The summed E-state index contributed by atoms with van der Waals surface area (Å²) in [6.45, 7) is 0. The Kier molecular flexibility index (Phi) is 2.18. The third-order valence-corrected chi connectivity index (χ3v) is 1.59. The molecule has 0 unspecified atom stereocenters. The van der Waals surface area contributed by atoms with Gasteiger partial charge in [-0.15, -0.1) is 0 Å². The minimum Gasteiger partial charge on any atom is -0.457 e. The van der Waals surface area contributed by atoms with E-state index in [1.54, 1.807) is 0 Å². The van der Waals surface area contributed by atoms with Crippen LogP contribution in [0.3, 0.4) is 0 Å². The molecule has 2 nitrogen and oxygen atoms in total. The van der Waals surface area contributed by atoms with Crippen molar-refractivity contribution in [3.05, 3.63) is 48.4 Å². The molecule has 0 saturated heterocycles. The summed E-state index contributed by atoms with van der Waals surface area (Å²) in [7, 11) is 0. The van der Waals surface area contributed by atoms with Gasteiger partial charge in [0.1, 0.15) is 6.26 Å². The summed E-state index contributed by atoms with van der Waals surface area (Å²) in [6, 6.07) is 5.08. The van der Waals surface area contributed by atoms with Gasteiger partial charge in [-0.25, -0.2) is 4.39 Å². The van der Waals surface area contributed by atoms with Gasteiger partial charge in [0.2, 0.25) is 5.82 Å². The van der Waals surface area contributed by atoms with Gasteiger partial charge in [0, 0.05) is 6.07 Å². The molecule has 0 fully saturated rings. The number of furan rings is 1. The summed E-state index contributed by atoms with van der Waals surface area (Å²) in [5, 5.41) is 0. The molecule has 1 aromatic heterocycles. The molecule has 1 heterocycles. The molecule has 0 atom stereocenters. The van der Waals surface area contributed by atoms with E-state index in [-0.39, 0.29) is 11.5 Å². The van der Waals surface area contributed by atoms with Crippen LogP contribution < -0.4 is 4.74 Å². The highest BCUT2D eigenvalue weighted by Gasteiger charge is 2.09. The van der Waals surface area contributed by atoms with E-state index in [1.165, 1.54) is 24.5 Å². The molecule has 1 radical (unpaired) electrons. The predicted molar refractivity (Wildman–Crippen MR) is 44.0 cm³/mol. The van der Waals surface area contributed by atoms with E-state index in [9.17, 15) is 8.78 Å². The zero-order valence-electron chi connectivity index (χ0n) is 6.96. The third kappa shape index (κ3) is 1.59. The fourth-order valence-electron chi connectivity index (χ4n) is 0.962. The van der Waals surface area contributed by atoms with E-state index in [1.807, 2.05) is 0 Å². The zero-order chi connectivity index (χ0) is 9.97. The maximum atomic E-state index is 13.1. The minimum atomic E-state index is -1.02. The van der Waals surface area contributed by atoms with Gasteiger partial charge in [-0.05, 0) is 12.1 Å². The van der Waals surface area contributed by atoms with Crippen molar-refractivity contribution in [3.63, 3.8) is 0 Å². The molecule has 0 amide bonds. The molecule has 4 heteroatoms. The van der Waals surface area contributed by atoms with Crippen LogP contribution in [0.2, 0.25) is 0 Å². The number of benzene rings is 1. The highest BCUT2D eigenvalue weighted by atomic mass is 19.2. The second-order valence-corrected chi connectivity index (χ2v) is 2.55. The van der Waals surface area contributed by atoms with Crippen LogP contribution in [-0.4, -0.2) is 0 Å². The van der Waals surface area contributed by atoms with Gasteiger partial charge in [0.05, 0.1) is 0 Å². The van der Waals surface area contributed by atoms with Gasteiger partial charge >= 0.3 is 0 Å². The summed E-state index contributed by atoms with van der Waals surface area (Å²) in [4.78, 5) is 0. The van der Waals surface area contributed by atoms with Crippen LogP contribution in [0.1, 0.15) is 0 Å². The maximum absolute atomic E-state index is 13.1. The fraction of sp³-hybridized carbons (Fsp3) is 0. The van der Waals surface area contributed by atoms with Crippen LogP contribution in [0.25, 0.3) is 0 Å². The first kappa shape index (κ1) is 8.74. The van der Waals surface area contributed by atoms with Gasteiger partial charge in [-0.3, -0.25) is 0 Å². The lowest BCUT2D eigenvalue weighted by molar-refractivity contribution is 0.410. The molecule has 14 heavy (non-hydrogen) atoms. The van der Waals surface area contributed by atoms with Gasteiger partial charge in [-0.1, -0.05) is 6.07 Å². The second-order valence-electron chi connectivity index (χ2n) is 2.55. The summed E-state index contributed by atoms with van der Waals surface area (Å²) < 4.78 is 35.4. The zero-order valence-corrected chi connectivity index (χ0v) is 6.96. The van der Waals surface area contributed by atoms with E-state index in [4.69, 9.17) is 4.74 Å². The molecule has 0 aliphatic heterocycles. The van der Waals surface area contributed by atoms with Crippen molar-refractivity contribution in [2.24, 2.45) is 0 Å². The lowest BCUT2D eigenvalue weighted by Crippen LogP contribution is -1.89. The summed E-state index contributed by atoms with van der Waals surface area (Å²) in [5.74, 6) is -1.88. The standard InChI is InChI=1S/C10H5F2O2/c11-8-2-1-3-9(10(8)12)14-7-4-5-13-6-7/h1-4,6H. The van der Waals surface area contributed by atoms with E-state index in [0.29, 0.717) is 0 Å². The van der Waals surface area contributed by atoms with Crippen molar-refractivity contribution in [3.8, 4) is 11.5 Å². The van der Waals surface area contributed by atoms with Crippen molar-refractivity contribution in [2.45, 2.75) is 0 Å². The van der Waals surface area contributed by atoms with Crippen molar-refractivity contribution in [1.29, 1.82) is 0 Å². The van der Waals surface area contributed by atoms with Gasteiger partial charge in [0.15, 0.2) is 23.6 Å². The monoisotopic (exact) mass is 195 g/mol. The Morgan fingerprint density at radius 2 is 2.14 bits per heavy atom. The smallest absolute Gasteiger partial charge is 0.201 e. The van der Waals surface area contributed by atoms with Crippen molar-refractivity contribution >= 4 is 0 Å². The molecule has 0 bridgehead atoms. The summed E-state index contributed by atoms with van der Waals surface area (Å²) in [6.07, 6.45) is 3.61. The van der Waals surface area contributed by atoms with Crippen molar-refractivity contribution in [1.82, 2.24) is 0 Å². The van der Waals surface area contributed by atoms with E-state index in [0.717, 1.165) is 6.07 Å². The molecule has 2 aromatic rings. The van der Waals surface area contributed by atoms with Crippen LogP contribution in [0.5, 0.6) is 11.5 Å². The van der Waals surface area contributed by atoms with Gasteiger partial charge in [-0.2, -0.15) is 4.39 Å². The first-order chi connectivity index (χ1) is 6.77. The average molecular weight is 195 g/mol. The highest BCUT2D eigenvalue weighted by Crippen LogP contribution is 2.25. The van der Waals surface area contributed by atoms with E-state index < -0.39 is 11.6 Å². The molecule has 0 N–H and O–H groups in total. The van der Waals surface area contributed by atoms with Crippen LogP contribution in [0.4, 0.5) is 8.78 Å². The Hall–Kier alpha value is -1.84. The molecule has 0 spiro atoms. The number of hydrogen-bond acceptors (Lipinski definition) is 2. The second kappa shape index (κ2) is 3.49. The number of rotatable bonds is 2. The maximum Gasteiger partial charge on any atom is 0.201 e. The Balaban J connectivity index is 2.29. The van der Waals surface area contributed by atoms with E-state index >= 15 is 0 Å². The van der Waals surface area contributed by atoms with Crippen LogP contribution in [0.15, 0.2) is 34.9 Å².